The molecule has 3 nitrogen and oxygen atoms in total. The molecule has 1 unspecified atom stereocenters. The molecule has 1 atom stereocenters. The van der Waals surface area contributed by atoms with Crippen LogP contribution in [0, 0.1) is 0 Å². The standard InChI is InChI=1S/C11H26N2O/c1-4-9-13(5-2)10-8-12-7-6-11(3)14/h11-12,14H,4-10H2,1-3H3. The molecule has 0 fully saturated rings. The van der Waals surface area contributed by atoms with E-state index in [1.165, 1.54) is 13.0 Å². The van der Waals surface area contributed by atoms with Gasteiger partial charge in [0.2, 0.25) is 0 Å². The first-order valence-corrected chi connectivity index (χ1v) is 5.81. The summed E-state index contributed by atoms with van der Waals surface area (Å²) in [5, 5.41) is 12.4. The van der Waals surface area contributed by atoms with Crippen molar-refractivity contribution in [1.82, 2.24) is 10.2 Å². The van der Waals surface area contributed by atoms with Crippen LogP contribution in [0.2, 0.25) is 0 Å². The number of likely N-dealkylation sites (N-methyl/N-ethyl adjacent to an activating group) is 1. The zero-order valence-electron chi connectivity index (χ0n) is 9.92. The van der Waals surface area contributed by atoms with E-state index in [-0.39, 0.29) is 6.10 Å². The molecule has 0 spiro atoms. The van der Waals surface area contributed by atoms with Crippen molar-refractivity contribution in [1.29, 1.82) is 0 Å². The Balaban J connectivity index is 3.24. The molecular formula is C11H26N2O. The summed E-state index contributed by atoms with van der Waals surface area (Å²) < 4.78 is 0. The molecule has 0 aromatic heterocycles. The highest BCUT2D eigenvalue weighted by molar-refractivity contribution is 4.58. The van der Waals surface area contributed by atoms with Crippen LogP contribution in [0.1, 0.15) is 33.6 Å². The number of rotatable bonds is 9. The first-order chi connectivity index (χ1) is 6.70. The van der Waals surface area contributed by atoms with Gasteiger partial charge in [0.15, 0.2) is 0 Å². The van der Waals surface area contributed by atoms with E-state index >= 15 is 0 Å². The fourth-order valence-corrected chi connectivity index (χ4v) is 1.42. The maximum absolute atomic E-state index is 9.04. The predicted octanol–water partition coefficient (Wildman–Crippen LogP) is 1.08. The number of aliphatic hydroxyl groups excluding tert-OH is 1. The zero-order chi connectivity index (χ0) is 10.8. The van der Waals surface area contributed by atoms with Gasteiger partial charge in [0.1, 0.15) is 0 Å². The number of hydrogen-bond donors (Lipinski definition) is 2. The molecule has 0 saturated heterocycles. The predicted molar refractivity (Wildman–Crippen MR) is 61.6 cm³/mol. The van der Waals surface area contributed by atoms with Gasteiger partial charge in [-0.25, -0.2) is 0 Å². The Morgan fingerprint density at radius 1 is 1.21 bits per heavy atom. The third kappa shape index (κ3) is 8.48. The quantitative estimate of drug-likeness (QED) is 0.549. The minimum atomic E-state index is -0.180. The molecule has 0 bridgehead atoms. The average Bonchev–Trinajstić information content (AvgIpc) is 2.15. The van der Waals surface area contributed by atoms with E-state index in [9.17, 15) is 0 Å². The Morgan fingerprint density at radius 2 is 1.93 bits per heavy atom. The van der Waals surface area contributed by atoms with Crippen molar-refractivity contribution in [2.75, 3.05) is 32.7 Å². The summed E-state index contributed by atoms with van der Waals surface area (Å²) in [6.45, 7) is 11.6. The van der Waals surface area contributed by atoms with Crippen LogP contribution in [0.15, 0.2) is 0 Å². The van der Waals surface area contributed by atoms with Crippen molar-refractivity contribution in [3.8, 4) is 0 Å². The van der Waals surface area contributed by atoms with Crippen molar-refractivity contribution >= 4 is 0 Å². The summed E-state index contributed by atoms with van der Waals surface area (Å²) in [5.74, 6) is 0. The lowest BCUT2D eigenvalue weighted by Gasteiger charge is -2.19. The lowest BCUT2D eigenvalue weighted by molar-refractivity contribution is 0.183. The highest BCUT2D eigenvalue weighted by atomic mass is 16.3. The molecule has 0 aliphatic carbocycles. The molecule has 0 saturated carbocycles. The zero-order valence-corrected chi connectivity index (χ0v) is 9.92. The molecule has 0 aromatic rings. The second-order valence-electron chi connectivity index (χ2n) is 3.82. The number of nitrogens with one attached hydrogen (secondary N) is 1. The smallest absolute Gasteiger partial charge is 0.0524 e. The molecule has 0 aliphatic heterocycles. The van der Waals surface area contributed by atoms with Crippen molar-refractivity contribution in [3.05, 3.63) is 0 Å². The molecule has 0 amide bonds. The van der Waals surface area contributed by atoms with Crippen LogP contribution >= 0.6 is 0 Å². The number of nitrogens with zero attached hydrogens (tertiary/aromatic N) is 1. The largest absolute Gasteiger partial charge is 0.393 e. The second-order valence-corrected chi connectivity index (χ2v) is 3.82. The monoisotopic (exact) mass is 202 g/mol. The van der Waals surface area contributed by atoms with Crippen molar-refractivity contribution in [2.24, 2.45) is 0 Å². The summed E-state index contributed by atoms with van der Waals surface area (Å²) in [7, 11) is 0. The Morgan fingerprint density at radius 3 is 2.43 bits per heavy atom. The van der Waals surface area contributed by atoms with Gasteiger partial charge in [-0.3, -0.25) is 0 Å². The summed E-state index contributed by atoms with van der Waals surface area (Å²) in [6, 6.07) is 0. The Labute approximate surface area is 88.5 Å². The first kappa shape index (κ1) is 13.9. The third-order valence-corrected chi connectivity index (χ3v) is 2.33. The van der Waals surface area contributed by atoms with Gasteiger partial charge in [-0.15, -0.1) is 0 Å². The molecule has 14 heavy (non-hydrogen) atoms. The molecule has 0 aliphatic rings. The summed E-state index contributed by atoms with van der Waals surface area (Å²) in [5.41, 5.74) is 0. The molecule has 0 aromatic carbocycles. The van der Waals surface area contributed by atoms with Crippen molar-refractivity contribution < 1.29 is 5.11 Å². The molecular weight excluding hydrogens is 176 g/mol. The average molecular weight is 202 g/mol. The van der Waals surface area contributed by atoms with Gasteiger partial charge in [0.05, 0.1) is 6.10 Å². The maximum Gasteiger partial charge on any atom is 0.0524 e. The van der Waals surface area contributed by atoms with Crippen LogP contribution in [0.3, 0.4) is 0 Å². The van der Waals surface area contributed by atoms with E-state index in [0.29, 0.717) is 0 Å². The van der Waals surface area contributed by atoms with Gasteiger partial charge >= 0.3 is 0 Å². The minimum Gasteiger partial charge on any atom is -0.393 e. The molecule has 0 radical (unpaired) electrons. The van der Waals surface area contributed by atoms with Gasteiger partial charge in [-0.1, -0.05) is 13.8 Å². The Kier molecular flexibility index (Phi) is 9.35. The van der Waals surface area contributed by atoms with Gasteiger partial charge in [-0.05, 0) is 39.4 Å². The van der Waals surface area contributed by atoms with E-state index in [2.05, 4.69) is 24.1 Å². The minimum absolute atomic E-state index is 0.180. The van der Waals surface area contributed by atoms with Gasteiger partial charge < -0.3 is 15.3 Å². The van der Waals surface area contributed by atoms with E-state index < -0.39 is 0 Å². The molecule has 86 valence electrons. The lowest BCUT2D eigenvalue weighted by Crippen LogP contribution is -2.33. The Bertz CT molecular complexity index is 118. The van der Waals surface area contributed by atoms with E-state index in [1.807, 2.05) is 6.92 Å². The van der Waals surface area contributed by atoms with E-state index in [4.69, 9.17) is 5.11 Å². The van der Waals surface area contributed by atoms with Gasteiger partial charge in [-0.2, -0.15) is 0 Å². The first-order valence-electron chi connectivity index (χ1n) is 5.81. The van der Waals surface area contributed by atoms with Crippen LogP contribution in [-0.4, -0.2) is 48.8 Å². The highest BCUT2D eigenvalue weighted by Gasteiger charge is 1.99. The second kappa shape index (κ2) is 9.44. The SMILES string of the molecule is CCCN(CC)CCNCCC(C)O. The summed E-state index contributed by atoms with van der Waals surface area (Å²) in [4.78, 5) is 2.44. The Hall–Kier alpha value is -0.120. The molecule has 2 N–H and O–H groups in total. The maximum atomic E-state index is 9.04. The van der Waals surface area contributed by atoms with Crippen LogP contribution in [0.4, 0.5) is 0 Å². The molecule has 3 heteroatoms. The van der Waals surface area contributed by atoms with Crippen LogP contribution < -0.4 is 5.32 Å². The van der Waals surface area contributed by atoms with E-state index in [1.54, 1.807) is 0 Å². The summed E-state index contributed by atoms with van der Waals surface area (Å²) >= 11 is 0. The van der Waals surface area contributed by atoms with Crippen LogP contribution in [0.5, 0.6) is 0 Å². The summed E-state index contributed by atoms with van der Waals surface area (Å²) in [6.07, 6.45) is 1.89. The molecule has 0 heterocycles. The van der Waals surface area contributed by atoms with Crippen LogP contribution in [-0.2, 0) is 0 Å². The fraction of sp³-hybridized carbons (Fsp3) is 1.00. The van der Waals surface area contributed by atoms with Crippen LogP contribution in [0.25, 0.3) is 0 Å². The number of hydrogen-bond acceptors (Lipinski definition) is 3. The van der Waals surface area contributed by atoms with Crippen molar-refractivity contribution in [2.45, 2.75) is 39.7 Å². The normalized spacial score (nSPS) is 13.5. The van der Waals surface area contributed by atoms with Gasteiger partial charge in [0, 0.05) is 13.1 Å². The molecule has 0 rings (SSSR count). The fourth-order valence-electron chi connectivity index (χ4n) is 1.42. The van der Waals surface area contributed by atoms with Crippen molar-refractivity contribution in [3.63, 3.8) is 0 Å². The van der Waals surface area contributed by atoms with E-state index in [0.717, 1.165) is 32.6 Å². The number of aliphatic hydroxyl groups is 1. The lowest BCUT2D eigenvalue weighted by atomic mass is 10.3. The highest BCUT2D eigenvalue weighted by Crippen LogP contribution is 1.90. The topological polar surface area (TPSA) is 35.5 Å². The third-order valence-electron chi connectivity index (χ3n) is 2.33. The van der Waals surface area contributed by atoms with Gasteiger partial charge in [0.25, 0.3) is 0 Å².